The second kappa shape index (κ2) is 5.77. The summed E-state index contributed by atoms with van der Waals surface area (Å²) < 4.78 is 5.61. The molecule has 0 unspecified atom stereocenters. The van der Waals surface area contributed by atoms with Crippen molar-refractivity contribution >= 4 is 5.97 Å². The van der Waals surface area contributed by atoms with E-state index < -0.39 is 5.97 Å². The van der Waals surface area contributed by atoms with Crippen LogP contribution in [0.5, 0.6) is 5.75 Å². The van der Waals surface area contributed by atoms with Crippen molar-refractivity contribution in [3.05, 3.63) is 35.7 Å². The van der Waals surface area contributed by atoms with Gasteiger partial charge in [-0.15, -0.1) is 0 Å². The Morgan fingerprint density at radius 2 is 2.00 bits per heavy atom. The summed E-state index contributed by atoms with van der Waals surface area (Å²) in [6.07, 6.45) is 0. The number of hydrogen-bond donors (Lipinski definition) is 2. The Labute approximate surface area is 117 Å². The van der Waals surface area contributed by atoms with Crippen LogP contribution in [0.15, 0.2) is 24.3 Å². The summed E-state index contributed by atoms with van der Waals surface area (Å²) in [7, 11) is 0. The lowest BCUT2D eigenvalue weighted by molar-refractivity contribution is 0.0691. The minimum Gasteiger partial charge on any atom is -0.493 e. The fourth-order valence-corrected chi connectivity index (χ4v) is 1.92. The minimum atomic E-state index is -1.04. The van der Waals surface area contributed by atoms with Crippen molar-refractivity contribution in [2.24, 2.45) is 5.92 Å². The van der Waals surface area contributed by atoms with Gasteiger partial charge in [-0.25, -0.2) is 4.79 Å². The zero-order valence-corrected chi connectivity index (χ0v) is 11.8. The van der Waals surface area contributed by atoms with Gasteiger partial charge < -0.3 is 9.84 Å². The number of nitrogens with zero attached hydrogens (tertiary/aromatic N) is 1. The number of nitrogens with one attached hydrogen (secondary N) is 1. The van der Waals surface area contributed by atoms with Gasteiger partial charge in [-0.05, 0) is 30.5 Å². The number of aryl methyl sites for hydroxylation is 1. The number of rotatable bonds is 5. The lowest BCUT2D eigenvalue weighted by atomic mass is 10.0. The molecule has 0 spiro atoms. The molecule has 2 N–H and O–H groups in total. The maximum Gasteiger partial charge on any atom is 0.357 e. The fourth-order valence-electron chi connectivity index (χ4n) is 1.92. The van der Waals surface area contributed by atoms with E-state index in [1.54, 1.807) is 6.92 Å². The molecular formula is C15H18N2O3. The molecule has 0 bridgehead atoms. The average molecular weight is 274 g/mol. The van der Waals surface area contributed by atoms with E-state index in [1.165, 1.54) is 0 Å². The molecule has 2 rings (SSSR count). The molecule has 5 heteroatoms. The summed E-state index contributed by atoms with van der Waals surface area (Å²) >= 11 is 0. The molecule has 2 aromatic rings. The first-order valence-corrected chi connectivity index (χ1v) is 6.50. The van der Waals surface area contributed by atoms with Crippen molar-refractivity contribution in [2.75, 3.05) is 6.61 Å². The number of aromatic nitrogens is 2. The molecule has 1 aromatic carbocycles. The summed E-state index contributed by atoms with van der Waals surface area (Å²) in [6, 6.07) is 7.38. The molecule has 0 fully saturated rings. The highest BCUT2D eigenvalue weighted by Crippen LogP contribution is 2.27. The van der Waals surface area contributed by atoms with Gasteiger partial charge >= 0.3 is 5.97 Å². The van der Waals surface area contributed by atoms with E-state index in [-0.39, 0.29) is 5.69 Å². The van der Waals surface area contributed by atoms with Gasteiger partial charge in [0.15, 0.2) is 5.69 Å². The zero-order chi connectivity index (χ0) is 14.7. The van der Waals surface area contributed by atoms with Crippen LogP contribution >= 0.6 is 0 Å². The van der Waals surface area contributed by atoms with Gasteiger partial charge in [0.1, 0.15) is 5.75 Å². The SMILES string of the molecule is Cc1[nH]nc(C(=O)O)c1-c1ccc(OCC(C)C)cc1. The highest BCUT2D eigenvalue weighted by Gasteiger charge is 2.18. The number of carboxylic acids is 1. The maximum atomic E-state index is 11.1. The number of ether oxygens (including phenoxy) is 1. The summed E-state index contributed by atoms with van der Waals surface area (Å²) in [5.74, 6) is 0.203. The number of carbonyl (C=O) groups is 1. The van der Waals surface area contributed by atoms with E-state index in [9.17, 15) is 4.79 Å². The zero-order valence-electron chi connectivity index (χ0n) is 11.8. The average Bonchev–Trinajstić information content (AvgIpc) is 2.79. The number of carboxylic acid groups (broad SMARTS) is 1. The molecule has 0 aliphatic carbocycles. The predicted octanol–water partition coefficient (Wildman–Crippen LogP) is 3.12. The molecule has 0 aliphatic heterocycles. The molecule has 0 saturated heterocycles. The van der Waals surface area contributed by atoms with E-state index in [0.29, 0.717) is 18.1 Å². The van der Waals surface area contributed by atoms with E-state index in [2.05, 4.69) is 24.0 Å². The quantitative estimate of drug-likeness (QED) is 0.878. The number of H-pyrrole nitrogens is 1. The van der Waals surface area contributed by atoms with Crippen molar-refractivity contribution < 1.29 is 14.6 Å². The van der Waals surface area contributed by atoms with Crippen LogP contribution in [0.25, 0.3) is 11.1 Å². The second-order valence-electron chi connectivity index (χ2n) is 5.11. The van der Waals surface area contributed by atoms with Gasteiger partial charge in [0.05, 0.1) is 6.61 Å². The van der Waals surface area contributed by atoms with Crippen molar-refractivity contribution in [3.63, 3.8) is 0 Å². The number of hydrogen-bond acceptors (Lipinski definition) is 3. The van der Waals surface area contributed by atoms with Crippen LogP contribution < -0.4 is 4.74 Å². The number of benzene rings is 1. The highest BCUT2D eigenvalue weighted by atomic mass is 16.5. The topological polar surface area (TPSA) is 75.2 Å². The molecule has 0 saturated carbocycles. The number of aromatic amines is 1. The van der Waals surface area contributed by atoms with Crippen LogP contribution in [-0.2, 0) is 0 Å². The largest absolute Gasteiger partial charge is 0.493 e. The van der Waals surface area contributed by atoms with Crippen molar-refractivity contribution in [1.29, 1.82) is 0 Å². The van der Waals surface area contributed by atoms with Crippen LogP contribution in [-0.4, -0.2) is 27.9 Å². The Balaban J connectivity index is 2.26. The Kier molecular flexibility index (Phi) is 4.08. The molecular weight excluding hydrogens is 256 g/mol. The second-order valence-corrected chi connectivity index (χ2v) is 5.11. The fraction of sp³-hybridized carbons (Fsp3) is 0.333. The first kappa shape index (κ1) is 14.1. The molecule has 0 radical (unpaired) electrons. The van der Waals surface area contributed by atoms with Gasteiger partial charge in [0.2, 0.25) is 0 Å². The molecule has 1 aromatic heterocycles. The molecule has 106 valence electrons. The van der Waals surface area contributed by atoms with Gasteiger partial charge in [-0.2, -0.15) is 5.10 Å². The van der Waals surface area contributed by atoms with E-state index >= 15 is 0 Å². The van der Waals surface area contributed by atoms with Crippen molar-refractivity contribution in [3.8, 4) is 16.9 Å². The smallest absolute Gasteiger partial charge is 0.357 e. The third-order valence-electron chi connectivity index (χ3n) is 2.88. The third kappa shape index (κ3) is 2.99. The van der Waals surface area contributed by atoms with Gasteiger partial charge in [0.25, 0.3) is 0 Å². The maximum absolute atomic E-state index is 11.1. The predicted molar refractivity (Wildman–Crippen MR) is 76.1 cm³/mol. The van der Waals surface area contributed by atoms with Gasteiger partial charge in [-0.3, -0.25) is 5.10 Å². The van der Waals surface area contributed by atoms with E-state index in [1.807, 2.05) is 24.3 Å². The lowest BCUT2D eigenvalue weighted by Crippen LogP contribution is -2.04. The van der Waals surface area contributed by atoms with Crippen LogP contribution in [0.1, 0.15) is 30.0 Å². The van der Waals surface area contributed by atoms with Crippen LogP contribution in [0.4, 0.5) is 0 Å². The Morgan fingerprint density at radius 3 is 2.55 bits per heavy atom. The lowest BCUT2D eigenvalue weighted by Gasteiger charge is -2.09. The van der Waals surface area contributed by atoms with Crippen LogP contribution in [0, 0.1) is 12.8 Å². The first-order chi connectivity index (χ1) is 9.49. The minimum absolute atomic E-state index is 0.0401. The number of aromatic carboxylic acids is 1. The summed E-state index contributed by atoms with van der Waals surface area (Å²) in [4.78, 5) is 11.1. The molecule has 5 nitrogen and oxygen atoms in total. The summed E-state index contributed by atoms with van der Waals surface area (Å²) in [6.45, 7) is 6.63. The van der Waals surface area contributed by atoms with E-state index in [4.69, 9.17) is 9.84 Å². The van der Waals surface area contributed by atoms with Crippen LogP contribution in [0.2, 0.25) is 0 Å². The Hall–Kier alpha value is -2.30. The monoisotopic (exact) mass is 274 g/mol. The third-order valence-corrected chi connectivity index (χ3v) is 2.88. The molecule has 0 aliphatic rings. The Morgan fingerprint density at radius 1 is 1.35 bits per heavy atom. The van der Waals surface area contributed by atoms with Gasteiger partial charge in [0, 0.05) is 11.3 Å². The first-order valence-electron chi connectivity index (χ1n) is 6.50. The van der Waals surface area contributed by atoms with Crippen LogP contribution in [0.3, 0.4) is 0 Å². The normalized spacial score (nSPS) is 10.8. The van der Waals surface area contributed by atoms with Gasteiger partial charge in [-0.1, -0.05) is 26.0 Å². The molecule has 0 amide bonds. The Bertz CT molecular complexity index is 600. The molecule has 1 heterocycles. The summed E-state index contributed by atoms with van der Waals surface area (Å²) in [5, 5.41) is 15.7. The van der Waals surface area contributed by atoms with E-state index in [0.717, 1.165) is 17.0 Å². The highest BCUT2D eigenvalue weighted by molar-refractivity contribution is 5.94. The molecule has 20 heavy (non-hydrogen) atoms. The standard InChI is InChI=1S/C15H18N2O3/c1-9(2)8-20-12-6-4-11(5-7-12)13-10(3)16-17-14(13)15(18)19/h4-7,9H,8H2,1-3H3,(H,16,17)(H,18,19). The van der Waals surface area contributed by atoms with Crippen molar-refractivity contribution in [1.82, 2.24) is 10.2 Å². The molecule has 0 atom stereocenters. The summed E-state index contributed by atoms with van der Waals surface area (Å²) in [5.41, 5.74) is 2.20. The van der Waals surface area contributed by atoms with Crippen molar-refractivity contribution in [2.45, 2.75) is 20.8 Å².